The molecular formula is C13H11N5S. The molecule has 0 radical (unpaired) electrons. The van der Waals surface area contributed by atoms with Crippen LogP contribution in [0, 0.1) is 0 Å². The van der Waals surface area contributed by atoms with Crippen molar-refractivity contribution in [1.82, 2.24) is 15.0 Å². The van der Waals surface area contributed by atoms with Crippen LogP contribution in [0.2, 0.25) is 0 Å². The van der Waals surface area contributed by atoms with Gasteiger partial charge in [0.2, 0.25) is 0 Å². The molecule has 0 saturated heterocycles. The highest BCUT2D eigenvalue weighted by atomic mass is 32.1. The number of nitrogens with zero attached hydrogens (tertiary/aromatic N) is 2. The first kappa shape index (κ1) is 11.6. The van der Waals surface area contributed by atoms with E-state index in [0.717, 1.165) is 28.1 Å². The smallest absolute Gasteiger partial charge is 0.168 e. The molecule has 0 saturated carbocycles. The van der Waals surface area contributed by atoms with Gasteiger partial charge in [-0.2, -0.15) is 0 Å². The predicted molar refractivity (Wildman–Crippen MR) is 79.7 cm³/mol. The van der Waals surface area contributed by atoms with Crippen LogP contribution >= 0.6 is 12.2 Å². The van der Waals surface area contributed by atoms with Gasteiger partial charge >= 0.3 is 0 Å². The number of nitrogens with two attached hydrogens (primary N) is 1. The van der Waals surface area contributed by atoms with Crippen LogP contribution in [0.1, 0.15) is 0 Å². The Hall–Kier alpha value is -2.47. The average molecular weight is 269 g/mol. The minimum absolute atomic E-state index is 0.242. The number of thiocarbonyl (C=S) groups is 1. The lowest BCUT2D eigenvalue weighted by molar-refractivity contribution is 1.27. The van der Waals surface area contributed by atoms with Gasteiger partial charge in [0, 0.05) is 23.6 Å². The number of aromatic amines is 1. The first-order chi connectivity index (χ1) is 9.22. The summed E-state index contributed by atoms with van der Waals surface area (Å²) in [4.78, 5) is 11.8. The molecule has 4 N–H and O–H groups in total. The molecule has 2 heterocycles. The van der Waals surface area contributed by atoms with Crippen molar-refractivity contribution in [1.29, 1.82) is 0 Å². The summed E-state index contributed by atoms with van der Waals surface area (Å²) in [5.41, 5.74) is 9.03. The highest BCUT2D eigenvalue weighted by molar-refractivity contribution is 7.80. The Balaban J connectivity index is 2.04. The fourth-order valence-corrected chi connectivity index (χ4v) is 1.99. The van der Waals surface area contributed by atoms with Gasteiger partial charge in [-0.25, -0.2) is 4.98 Å². The Bertz CT molecular complexity index is 735. The minimum atomic E-state index is 0.242. The van der Waals surface area contributed by atoms with Crippen molar-refractivity contribution in [3.63, 3.8) is 0 Å². The van der Waals surface area contributed by atoms with Gasteiger partial charge in [0.05, 0.1) is 11.0 Å². The van der Waals surface area contributed by atoms with Crippen molar-refractivity contribution in [3.8, 4) is 11.4 Å². The lowest BCUT2D eigenvalue weighted by Gasteiger charge is -2.02. The van der Waals surface area contributed by atoms with E-state index in [4.69, 9.17) is 18.0 Å². The fourth-order valence-electron chi connectivity index (χ4n) is 1.87. The van der Waals surface area contributed by atoms with E-state index >= 15 is 0 Å². The highest BCUT2D eigenvalue weighted by Crippen LogP contribution is 2.22. The number of rotatable bonds is 2. The van der Waals surface area contributed by atoms with E-state index in [9.17, 15) is 0 Å². The lowest BCUT2D eigenvalue weighted by Crippen LogP contribution is -2.18. The Labute approximate surface area is 114 Å². The summed E-state index contributed by atoms with van der Waals surface area (Å²) in [7, 11) is 0. The number of aromatic nitrogens is 3. The second kappa shape index (κ2) is 4.66. The van der Waals surface area contributed by atoms with Crippen LogP contribution in [-0.4, -0.2) is 20.1 Å². The monoisotopic (exact) mass is 269 g/mol. The molecular weight excluding hydrogens is 258 g/mol. The maximum absolute atomic E-state index is 5.45. The Kier molecular flexibility index (Phi) is 2.85. The number of nitrogens with one attached hydrogen (secondary N) is 2. The van der Waals surface area contributed by atoms with Gasteiger partial charge in [-0.15, -0.1) is 0 Å². The van der Waals surface area contributed by atoms with Gasteiger partial charge in [0.15, 0.2) is 5.11 Å². The molecule has 6 heteroatoms. The van der Waals surface area contributed by atoms with Crippen molar-refractivity contribution >= 4 is 34.1 Å². The normalized spacial score (nSPS) is 10.5. The summed E-state index contributed by atoms with van der Waals surface area (Å²) in [5.74, 6) is 0.788. The van der Waals surface area contributed by atoms with Gasteiger partial charge in [0.1, 0.15) is 5.82 Å². The van der Waals surface area contributed by atoms with Gasteiger partial charge < -0.3 is 16.0 Å². The molecule has 19 heavy (non-hydrogen) atoms. The zero-order chi connectivity index (χ0) is 13.2. The summed E-state index contributed by atoms with van der Waals surface area (Å²) in [6, 6.07) is 9.55. The maximum Gasteiger partial charge on any atom is 0.168 e. The molecule has 0 unspecified atom stereocenters. The second-order valence-electron chi connectivity index (χ2n) is 4.05. The lowest BCUT2D eigenvalue weighted by atomic mass is 10.3. The van der Waals surface area contributed by atoms with E-state index in [2.05, 4.69) is 20.3 Å². The van der Waals surface area contributed by atoms with Crippen LogP contribution in [0.25, 0.3) is 22.4 Å². The maximum atomic E-state index is 5.45. The quantitative estimate of drug-likeness (QED) is 0.622. The van der Waals surface area contributed by atoms with Crippen LogP contribution in [0.15, 0.2) is 42.7 Å². The van der Waals surface area contributed by atoms with E-state index < -0.39 is 0 Å². The van der Waals surface area contributed by atoms with Crippen LogP contribution in [0.4, 0.5) is 5.69 Å². The van der Waals surface area contributed by atoms with Gasteiger partial charge in [-0.3, -0.25) is 4.98 Å². The molecule has 0 fully saturated rings. The standard InChI is InChI=1S/C13H11N5S/c14-13(19)16-9-3-4-10-11(6-9)18-12(17-10)8-2-1-5-15-7-8/h1-7H,(H,17,18)(H3,14,16,19). The molecule has 0 aliphatic rings. The number of hydrogen-bond acceptors (Lipinski definition) is 3. The van der Waals surface area contributed by atoms with Crippen LogP contribution < -0.4 is 11.1 Å². The van der Waals surface area contributed by atoms with Crippen LogP contribution in [0.3, 0.4) is 0 Å². The molecule has 2 aromatic heterocycles. The molecule has 0 aliphatic heterocycles. The third-order valence-corrected chi connectivity index (χ3v) is 2.79. The summed E-state index contributed by atoms with van der Waals surface area (Å²) in [6.45, 7) is 0. The molecule has 0 amide bonds. The molecule has 0 atom stereocenters. The second-order valence-corrected chi connectivity index (χ2v) is 4.49. The number of H-pyrrole nitrogens is 1. The van der Waals surface area contributed by atoms with Crippen molar-refractivity contribution < 1.29 is 0 Å². The number of imidazole rings is 1. The topological polar surface area (TPSA) is 79.6 Å². The van der Waals surface area contributed by atoms with Crippen molar-refractivity contribution in [2.75, 3.05) is 5.32 Å². The molecule has 3 aromatic rings. The van der Waals surface area contributed by atoms with E-state index in [1.54, 1.807) is 12.4 Å². The largest absolute Gasteiger partial charge is 0.376 e. The Morgan fingerprint density at radius 2 is 2.21 bits per heavy atom. The zero-order valence-electron chi connectivity index (χ0n) is 9.92. The molecule has 5 nitrogen and oxygen atoms in total. The SMILES string of the molecule is NC(=S)Nc1ccc2nc(-c3cccnc3)[nH]c2c1. The first-order valence-corrected chi connectivity index (χ1v) is 6.10. The predicted octanol–water partition coefficient (Wildman–Crippen LogP) is 2.28. The molecule has 0 aliphatic carbocycles. The van der Waals surface area contributed by atoms with Crippen LogP contribution in [0.5, 0.6) is 0 Å². The van der Waals surface area contributed by atoms with Gasteiger partial charge in [0.25, 0.3) is 0 Å². The third-order valence-electron chi connectivity index (χ3n) is 2.68. The number of pyridine rings is 1. The number of hydrogen-bond donors (Lipinski definition) is 3. The van der Waals surface area contributed by atoms with E-state index in [-0.39, 0.29) is 5.11 Å². The van der Waals surface area contributed by atoms with Crippen molar-refractivity contribution in [2.24, 2.45) is 5.73 Å². The molecule has 3 rings (SSSR count). The molecule has 0 spiro atoms. The van der Waals surface area contributed by atoms with Crippen molar-refractivity contribution in [3.05, 3.63) is 42.7 Å². The number of anilines is 1. The minimum Gasteiger partial charge on any atom is -0.376 e. The summed E-state index contributed by atoms with van der Waals surface area (Å²) >= 11 is 4.81. The molecule has 1 aromatic carbocycles. The van der Waals surface area contributed by atoms with E-state index in [0.29, 0.717) is 0 Å². The summed E-state index contributed by atoms with van der Waals surface area (Å²) in [6.07, 6.45) is 3.50. The number of fused-ring (bicyclic) bond motifs is 1. The van der Waals surface area contributed by atoms with E-state index in [1.165, 1.54) is 0 Å². The Morgan fingerprint density at radius 3 is 2.95 bits per heavy atom. The third kappa shape index (κ3) is 2.38. The summed E-state index contributed by atoms with van der Waals surface area (Å²) < 4.78 is 0. The van der Waals surface area contributed by atoms with Crippen molar-refractivity contribution in [2.45, 2.75) is 0 Å². The molecule has 94 valence electrons. The van der Waals surface area contributed by atoms with Gasteiger partial charge in [-0.05, 0) is 42.5 Å². The highest BCUT2D eigenvalue weighted by Gasteiger charge is 2.06. The Morgan fingerprint density at radius 1 is 1.32 bits per heavy atom. The van der Waals surface area contributed by atoms with E-state index in [1.807, 2.05) is 30.3 Å². The molecule has 0 bridgehead atoms. The zero-order valence-corrected chi connectivity index (χ0v) is 10.7. The number of benzene rings is 1. The summed E-state index contributed by atoms with van der Waals surface area (Å²) in [5, 5.41) is 3.14. The average Bonchev–Trinajstić information content (AvgIpc) is 2.82. The fraction of sp³-hybridized carbons (Fsp3) is 0. The van der Waals surface area contributed by atoms with Crippen LogP contribution in [-0.2, 0) is 0 Å². The van der Waals surface area contributed by atoms with Gasteiger partial charge in [-0.1, -0.05) is 0 Å². The first-order valence-electron chi connectivity index (χ1n) is 5.69.